The monoisotopic (exact) mass is 255 g/mol. The van der Waals surface area contributed by atoms with Crippen molar-refractivity contribution in [2.45, 2.75) is 26.3 Å². The molecular formula is C13H21NO2S. The topological polar surface area (TPSA) is 46.2 Å². The van der Waals surface area contributed by atoms with Gasteiger partial charge in [0.15, 0.2) is 0 Å². The van der Waals surface area contributed by atoms with E-state index in [1.807, 2.05) is 18.2 Å². The molecule has 3 nitrogen and oxygen atoms in total. The quantitative estimate of drug-likeness (QED) is 0.759. The zero-order valence-electron chi connectivity index (χ0n) is 10.5. The highest BCUT2D eigenvalue weighted by molar-refractivity contribution is 7.91. The molecule has 0 saturated carbocycles. The molecule has 0 aromatic heterocycles. The van der Waals surface area contributed by atoms with Crippen molar-refractivity contribution in [1.29, 1.82) is 0 Å². The van der Waals surface area contributed by atoms with E-state index in [2.05, 4.69) is 24.4 Å². The lowest BCUT2D eigenvalue weighted by atomic mass is 10.1. The van der Waals surface area contributed by atoms with Crippen LogP contribution in [-0.2, 0) is 9.84 Å². The predicted octanol–water partition coefficient (Wildman–Crippen LogP) is 2.16. The summed E-state index contributed by atoms with van der Waals surface area (Å²) in [5, 5.41) is 3.33. The molecule has 96 valence electrons. The summed E-state index contributed by atoms with van der Waals surface area (Å²) in [6.45, 7) is 4.51. The Morgan fingerprint density at radius 3 is 2.47 bits per heavy atom. The number of benzene rings is 1. The summed E-state index contributed by atoms with van der Waals surface area (Å²) >= 11 is 0. The Balaban J connectivity index is 2.28. The zero-order valence-corrected chi connectivity index (χ0v) is 11.3. The summed E-state index contributed by atoms with van der Waals surface area (Å²) in [6.07, 6.45) is 0.674. The van der Waals surface area contributed by atoms with E-state index in [-0.39, 0.29) is 17.5 Å². The third kappa shape index (κ3) is 5.33. The first kappa shape index (κ1) is 14.2. The molecule has 1 aromatic rings. The van der Waals surface area contributed by atoms with Gasteiger partial charge in [-0.05, 0) is 25.5 Å². The molecule has 1 atom stereocenters. The molecule has 0 aliphatic heterocycles. The van der Waals surface area contributed by atoms with Crippen molar-refractivity contribution in [2.24, 2.45) is 0 Å². The van der Waals surface area contributed by atoms with E-state index in [0.29, 0.717) is 6.42 Å². The van der Waals surface area contributed by atoms with Crippen LogP contribution in [0.25, 0.3) is 0 Å². The summed E-state index contributed by atoms with van der Waals surface area (Å²) in [5.74, 6) is 0.513. The SMILES string of the molecule is CCS(=O)(=O)CCCN[C@H](C)c1ccccc1. The van der Waals surface area contributed by atoms with E-state index in [9.17, 15) is 8.42 Å². The lowest BCUT2D eigenvalue weighted by Crippen LogP contribution is -2.22. The van der Waals surface area contributed by atoms with Gasteiger partial charge in [-0.2, -0.15) is 0 Å². The molecule has 0 bridgehead atoms. The van der Waals surface area contributed by atoms with Crippen molar-refractivity contribution in [3.05, 3.63) is 35.9 Å². The van der Waals surface area contributed by atoms with E-state index in [1.165, 1.54) is 5.56 Å². The Morgan fingerprint density at radius 1 is 1.24 bits per heavy atom. The Hall–Kier alpha value is -0.870. The van der Waals surface area contributed by atoms with Crippen molar-refractivity contribution >= 4 is 9.84 Å². The molecule has 0 saturated heterocycles. The first-order valence-electron chi connectivity index (χ1n) is 6.04. The molecule has 0 heterocycles. The molecule has 17 heavy (non-hydrogen) atoms. The van der Waals surface area contributed by atoms with Gasteiger partial charge < -0.3 is 5.32 Å². The van der Waals surface area contributed by atoms with Gasteiger partial charge >= 0.3 is 0 Å². The van der Waals surface area contributed by atoms with Crippen molar-refractivity contribution in [2.75, 3.05) is 18.1 Å². The Morgan fingerprint density at radius 2 is 1.88 bits per heavy atom. The Bertz CT molecular complexity index is 414. The van der Waals surface area contributed by atoms with Gasteiger partial charge in [-0.3, -0.25) is 0 Å². The smallest absolute Gasteiger partial charge is 0.150 e. The third-order valence-corrected chi connectivity index (χ3v) is 4.61. The molecular weight excluding hydrogens is 234 g/mol. The van der Waals surface area contributed by atoms with Gasteiger partial charge in [0, 0.05) is 11.8 Å². The average Bonchev–Trinajstić information content (AvgIpc) is 2.35. The van der Waals surface area contributed by atoms with Crippen LogP contribution in [-0.4, -0.2) is 26.5 Å². The van der Waals surface area contributed by atoms with E-state index >= 15 is 0 Å². The minimum absolute atomic E-state index is 0.237. The molecule has 0 aliphatic carbocycles. The van der Waals surface area contributed by atoms with Crippen LogP contribution in [0, 0.1) is 0 Å². The fourth-order valence-electron chi connectivity index (χ4n) is 1.61. The molecule has 0 aliphatic rings. The highest BCUT2D eigenvalue weighted by atomic mass is 32.2. The molecule has 0 fully saturated rings. The van der Waals surface area contributed by atoms with Gasteiger partial charge in [0.05, 0.1) is 5.75 Å². The fourth-order valence-corrected chi connectivity index (χ4v) is 2.49. The van der Waals surface area contributed by atoms with Gasteiger partial charge in [0.25, 0.3) is 0 Å². The van der Waals surface area contributed by atoms with Crippen LogP contribution in [0.2, 0.25) is 0 Å². The summed E-state index contributed by atoms with van der Waals surface area (Å²) < 4.78 is 22.6. The van der Waals surface area contributed by atoms with E-state index in [1.54, 1.807) is 6.92 Å². The van der Waals surface area contributed by atoms with E-state index in [0.717, 1.165) is 6.54 Å². The van der Waals surface area contributed by atoms with Crippen LogP contribution in [0.3, 0.4) is 0 Å². The maximum atomic E-state index is 11.3. The molecule has 0 spiro atoms. The first-order valence-corrected chi connectivity index (χ1v) is 7.86. The van der Waals surface area contributed by atoms with Crippen molar-refractivity contribution < 1.29 is 8.42 Å². The molecule has 1 N–H and O–H groups in total. The molecule has 1 rings (SSSR count). The van der Waals surface area contributed by atoms with Crippen LogP contribution in [0.4, 0.5) is 0 Å². The summed E-state index contributed by atoms with van der Waals surface area (Å²) in [5.41, 5.74) is 1.23. The lowest BCUT2D eigenvalue weighted by molar-refractivity contribution is 0.560. The normalized spacial score (nSPS) is 13.5. The minimum atomic E-state index is -2.82. The summed E-state index contributed by atoms with van der Waals surface area (Å²) in [4.78, 5) is 0. The molecule has 4 heteroatoms. The highest BCUT2D eigenvalue weighted by Crippen LogP contribution is 2.10. The number of rotatable bonds is 7. The molecule has 1 aromatic carbocycles. The standard InChI is InChI=1S/C13H21NO2S/c1-3-17(15,16)11-7-10-14-12(2)13-8-5-4-6-9-13/h4-6,8-9,12,14H,3,7,10-11H2,1-2H3/t12-/m1/s1. The van der Waals surface area contributed by atoms with Gasteiger partial charge in [-0.15, -0.1) is 0 Å². The van der Waals surface area contributed by atoms with Gasteiger partial charge in [-0.1, -0.05) is 37.3 Å². The largest absolute Gasteiger partial charge is 0.310 e. The minimum Gasteiger partial charge on any atom is -0.310 e. The second-order valence-corrected chi connectivity index (χ2v) is 6.65. The van der Waals surface area contributed by atoms with Crippen molar-refractivity contribution in [3.8, 4) is 0 Å². The second-order valence-electron chi connectivity index (χ2n) is 4.18. The Kier molecular flexibility index (Phi) is 5.65. The zero-order chi connectivity index (χ0) is 12.7. The molecule has 0 unspecified atom stereocenters. The predicted molar refractivity (Wildman–Crippen MR) is 71.8 cm³/mol. The van der Waals surface area contributed by atoms with Crippen LogP contribution < -0.4 is 5.32 Å². The van der Waals surface area contributed by atoms with E-state index in [4.69, 9.17) is 0 Å². The number of nitrogens with one attached hydrogen (secondary N) is 1. The van der Waals surface area contributed by atoms with Gasteiger partial charge in [0.2, 0.25) is 0 Å². The molecule has 0 radical (unpaired) electrons. The van der Waals surface area contributed by atoms with E-state index < -0.39 is 9.84 Å². The number of sulfone groups is 1. The van der Waals surface area contributed by atoms with Crippen molar-refractivity contribution in [1.82, 2.24) is 5.32 Å². The van der Waals surface area contributed by atoms with Crippen LogP contribution >= 0.6 is 0 Å². The fraction of sp³-hybridized carbons (Fsp3) is 0.538. The summed E-state index contributed by atoms with van der Waals surface area (Å²) in [7, 11) is -2.82. The lowest BCUT2D eigenvalue weighted by Gasteiger charge is -2.13. The van der Waals surface area contributed by atoms with Crippen LogP contribution in [0.5, 0.6) is 0 Å². The van der Waals surface area contributed by atoms with Crippen LogP contribution in [0.1, 0.15) is 31.9 Å². The first-order chi connectivity index (χ1) is 8.05. The Labute approximate surface area is 104 Å². The summed E-state index contributed by atoms with van der Waals surface area (Å²) in [6, 6.07) is 10.4. The maximum Gasteiger partial charge on any atom is 0.150 e. The third-order valence-electron chi connectivity index (χ3n) is 2.82. The average molecular weight is 255 g/mol. The highest BCUT2D eigenvalue weighted by Gasteiger charge is 2.07. The number of hydrogen-bond acceptors (Lipinski definition) is 3. The maximum absolute atomic E-state index is 11.3. The van der Waals surface area contributed by atoms with Gasteiger partial charge in [-0.25, -0.2) is 8.42 Å². The van der Waals surface area contributed by atoms with Crippen molar-refractivity contribution in [3.63, 3.8) is 0 Å². The van der Waals surface area contributed by atoms with Crippen LogP contribution in [0.15, 0.2) is 30.3 Å². The number of hydrogen-bond donors (Lipinski definition) is 1. The molecule has 0 amide bonds. The van der Waals surface area contributed by atoms with Gasteiger partial charge in [0.1, 0.15) is 9.84 Å². The second kappa shape index (κ2) is 6.77.